The lowest BCUT2D eigenvalue weighted by Gasteiger charge is -2.16. The molecule has 0 aromatic carbocycles. The number of aromatic nitrogens is 16. The number of aliphatic hydroxyl groups is 2. The molecule has 6 aromatic heterocycles. The molecule has 6 atom stereocenters. The van der Waals surface area contributed by atoms with Gasteiger partial charge in [0.25, 0.3) is 0 Å². The van der Waals surface area contributed by atoms with E-state index in [0.29, 0.717) is 78.8 Å². The first-order valence-electron chi connectivity index (χ1n) is 16.3. The van der Waals surface area contributed by atoms with Crippen LogP contribution in [0.5, 0.6) is 0 Å². The maximum Gasteiger partial charge on any atom is 0.226 e. The molecule has 0 unspecified atom stereocenters. The van der Waals surface area contributed by atoms with Gasteiger partial charge in [-0.3, -0.25) is 9.13 Å². The van der Waals surface area contributed by atoms with Crippen molar-refractivity contribution in [3.63, 3.8) is 0 Å². The lowest BCUT2D eigenvalue weighted by molar-refractivity contribution is -0.0384. The SMILES string of the molecule is CCn1nnc([C@@H]2CC[C@H](n3cnc4c(NCCCNc5nc(Cl)nc6c5ncn6[C@@H]5O[C@H](c6nnn(CC)n6)[C@@H](O)[C@H]5O)nc(Cl)nc43)O2)n1. The fourth-order valence-corrected chi connectivity index (χ4v) is 6.39. The van der Waals surface area contributed by atoms with Crippen molar-refractivity contribution >= 4 is 57.2 Å². The number of ether oxygens (including phenoxy) is 2. The van der Waals surface area contributed by atoms with Gasteiger partial charge in [-0.05, 0) is 66.7 Å². The second kappa shape index (κ2) is 13.8. The van der Waals surface area contributed by atoms with Gasteiger partial charge in [-0.15, -0.1) is 20.4 Å². The number of hydrogen-bond donors (Lipinski definition) is 4. The van der Waals surface area contributed by atoms with Crippen molar-refractivity contribution in [3.05, 3.63) is 34.9 Å². The summed E-state index contributed by atoms with van der Waals surface area (Å²) in [5.74, 6) is 1.57. The quantitative estimate of drug-likeness (QED) is 0.102. The van der Waals surface area contributed by atoms with Crippen LogP contribution in [0, 0.1) is 0 Å². The molecule has 2 aliphatic heterocycles. The zero-order chi connectivity index (χ0) is 35.2. The van der Waals surface area contributed by atoms with E-state index in [2.05, 4.69) is 71.4 Å². The van der Waals surface area contributed by atoms with E-state index in [-0.39, 0.29) is 28.7 Å². The van der Waals surface area contributed by atoms with Gasteiger partial charge < -0.3 is 30.3 Å². The predicted molar refractivity (Wildman–Crippen MR) is 176 cm³/mol. The highest BCUT2D eigenvalue weighted by atomic mass is 35.5. The van der Waals surface area contributed by atoms with Gasteiger partial charge in [0.15, 0.2) is 46.3 Å². The van der Waals surface area contributed by atoms with Crippen molar-refractivity contribution in [2.75, 3.05) is 23.7 Å². The van der Waals surface area contributed by atoms with Gasteiger partial charge in [-0.25, -0.2) is 9.97 Å². The van der Waals surface area contributed by atoms with Crippen molar-refractivity contribution in [1.82, 2.24) is 79.5 Å². The summed E-state index contributed by atoms with van der Waals surface area (Å²) in [4.78, 5) is 29.3. The smallest absolute Gasteiger partial charge is 0.226 e. The second-order valence-electron chi connectivity index (χ2n) is 11.8. The number of aliphatic hydroxyl groups excluding tert-OH is 2. The molecule has 0 radical (unpaired) electrons. The average Bonchev–Trinajstić information content (AvgIpc) is 3.97. The van der Waals surface area contributed by atoms with E-state index in [4.69, 9.17) is 32.7 Å². The fourth-order valence-electron chi connectivity index (χ4n) is 6.06. The molecule has 8 heterocycles. The summed E-state index contributed by atoms with van der Waals surface area (Å²) in [6.45, 7) is 5.87. The zero-order valence-electron chi connectivity index (χ0n) is 27.2. The summed E-state index contributed by atoms with van der Waals surface area (Å²) >= 11 is 12.6. The van der Waals surface area contributed by atoms with Crippen LogP contribution in [-0.4, -0.2) is 115 Å². The number of hydrogen-bond acceptors (Lipinski definition) is 18. The standard InChI is InChI=1S/C27H32Cl2N18O4/c1-3-46-40-19(38-42-46)12-6-7-13(50-12)44-10-32-14-20(34-26(28)36-23(14)44)30-8-5-9-31-21-15-24(37-27(29)35-21)45(11-33-15)25-17(49)16(48)18(51-25)22-39-43-47(4-2)41-22/h10-13,16-18,25,48-49H,3-9H2,1-2H3,(H,30,34,36)(H,31,35,37)/t12-,13+,16-,17+,18-,25+/m0/s1. The third-order valence-electron chi connectivity index (χ3n) is 8.59. The number of anilines is 2. The van der Waals surface area contributed by atoms with Crippen LogP contribution in [0.15, 0.2) is 12.7 Å². The summed E-state index contributed by atoms with van der Waals surface area (Å²) in [6, 6.07) is 0. The molecule has 268 valence electrons. The van der Waals surface area contributed by atoms with E-state index in [1.165, 1.54) is 20.5 Å². The Hall–Kier alpha value is -4.74. The largest absolute Gasteiger partial charge is 0.387 e. The van der Waals surface area contributed by atoms with Gasteiger partial charge in [-0.2, -0.15) is 29.5 Å². The maximum absolute atomic E-state index is 10.9. The molecule has 22 nitrogen and oxygen atoms in total. The first kappa shape index (κ1) is 33.4. The van der Waals surface area contributed by atoms with Crippen LogP contribution in [0.1, 0.15) is 69.4 Å². The Morgan fingerprint density at radius 1 is 0.765 bits per heavy atom. The Morgan fingerprint density at radius 3 is 1.98 bits per heavy atom. The van der Waals surface area contributed by atoms with Gasteiger partial charge in [0, 0.05) is 13.1 Å². The highest BCUT2D eigenvalue weighted by molar-refractivity contribution is 6.29. The van der Waals surface area contributed by atoms with Gasteiger partial charge in [0.1, 0.15) is 24.5 Å². The van der Waals surface area contributed by atoms with E-state index < -0.39 is 24.5 Å². The van der Waals surface area contributed by atoms with Crippen LogP contribution in [0.2, 0.25) is 10.6 Å². The fraction of sp³-hybridized carbons (Fsp3) is 0.556. The third-order valence-corrected chi connectivity index (χ3v) is 8.93. The molecule has 4 N–H and O–H groups in total. The molecular formula is C27H32Cl2N18O4. The first-order chi connectivity index (χ1) is 24.8. The number of halogens is 2. The first-order valence-corrected chi connectivity index (χ1v) is 17.1. The Morgan fingerprint density at radius 2 is 1.35 bits per heavy atom. The van der Waals surface area contributed by atoms with Crippen LogP contribution in [0.25, 0.3) is 22.3 Å². The molecule has 6 aromatic rings. The zero-order valence-corrected chi connectivity index (χ0v) is 28.7. The summed E-state index contributed by atoms with van der Waals surface area (Å²) in [5.41, 5.74) is 1.79. The Kier molecular flexibility index (Phi) is 9.02. The van der Waals surface area contributed by atoms with E-state index >= 15 is 0 Å². The second-order valence-corrected chi connectivity index (χ2v) is 12.5. The number of nitrogens with one attached hydrogen (secondary N) is 2. The molecule has 51 heavy (non-hydrogen) atoms. The number of tetrazole rings is 2. The minimum absolute atomic E-state index is 0.0447. The number of rotatable bonds is 12. The van der Waals surface area contributed by atoms with E-state index in [0.717, 1.165) is 6.42 Å². The Bertz CT molecular complexity index is 2170. The highest BCUT2D eigenvalue weighted by Gasteiger charge is 2.47. The lowest BCUT2D eigenvalue weighted by atomic mass is 10.1. The van der Waals surface area contributed by atoms with Crippen molar-refractivity contribution in [2.45, 2.75) is 83.1 Å². The number of aryl methyl sites for hydroxylation is 2. The normalized spacial score (nSPS) is 23.6. The molecule has 2 fully saturated rings. The predicted octanol–water partition coefficient (Wildman–Crippen LogP) is 1.24. The van der Waals surface area contributed by atoms with Gasteiger partial charge in [0.05, 0.1) is 25.7 Å². The van der Waals surface area contributed by atoms with Crippen molar-refractivity contribution < 1.29 is 19.7 Å². The Balaban J connectivity index is 0.911. The molecule has 0 spiro atoms. The molecule has 0 aliphatic carbocycles. The molecule has 2 aliphatic rings. The number of fused-ring (bicyclic) bond motifs is 2. The molecule has 0 bridgehead atoms. The summed E-state index contributed by atoms with van der Waals surface area (Å²) < 4.78 is 15.6. The average molecular weight is 744 g/mol. The van der Waals surface area contributed by atoms with Crippen molar-refractivity contribution in [1.29, 1.82) is 0 Å². The highest BCUT2D eigenvalue weighted by Crippen LogP contribution is 2.40. The molecular weight excluding hydrogens is 711 g/mol. The van der Waals surface area contributed by atoms with Crippen LogP contribution >= 0.6 is 23.2 Å². The summed E-state index contributed by atoms with van der Waals surface area (Å²) in [6.07, 6.45) is -0.153. The third kappa shape index (κ3) is 6.27. The van der Waals surface area contributed by atoms with E-state index in [1.807, 2.05) is 18.4 Å². The topological polar surface area (TPSA) is 257 Å². The van der Waals surface area contributed by atoms with Crippen LogP contribution in [0.3, 0.4) is 0 Å². The Labute approximate surface area is 297 Å². The monoisotopic (exact) mass is 742 g/mol. The molecule has 8 rings (SSSR count). The van der Waals surface area contributed by atoms with Crippen LogP contribution < -0.4 is 10.6 Å². The molecule has 0 amide bonds. The van der Waals surface area contributed by atoms with Gasteiger partial charge in [0.2, 0.25) is 22.2 Å². The van der Waals surface area contributed by atoms with Gasteiger partial charge in [-0.1, -0.05) is 0 Å². The minimum atomic E-state index is -1.33. The lowest BCUT2D eigenvalue weighted by Crippen LogP contribution is -2.29. The van der Waals surface area contributed by atoms with E-state index in [9.17, 15) is 10.2 Å². The van der Waals surface area contributed by atoms with Gasteiger partial charge >= 0.3 is 0 Å². The minimum Gasteiger partial charge on any atom is -0.387 e. The molecule has 24 heteroatoms. The summed E-state index contributed by atoms with van der Waals surface area (Å²) in [5, 5.41) is 52.8. The van der Waals surface area contributed by atoms with Crippen molar-refractivity contribution in [2.24, 2.45) is 0 Å². The molecule has 2 saturated heterocycles. The maximum atomic E-state index is 10.9. The van der Waals surface area contributed by atoms with E-state index in [1.54, 1.807) is 6.33 Å². The number of nitrogens with zero attached hydrogens (tertiary/aromatic N) is 16. The van der Waals surface area contributed by atoms with Crippen LogP contribution in [-0.2, 0) is 22.6 Å². The van der Waals surface area contributed by atoms with Crippen molar-refractivity contribution in [3.8, 4) is 0 Å². The van der Waals surface area contributed by atoms with Crippen LogP contribution in [0.4, 0.5) is 11.6 Å². The number of imidazole rings is 2. The molecule has 0 saturated carbocycles. The summed E-state index contributed by atoms with van der Waals surface area (Å²) in [7, 11) is 0.